The zero-order chi connectivity index (χ0) is 33.9. The number of carbonyl (C=O) groups is 3. The highest BCUT2D eigenvalue weighted by molar-refractivity contribution is 6.12. The van der Waals surface area contributed by atoms with Crippen LogP contribution in [0.5, 0.6) is 5.75 Å². The van der Waals surface area contributed by atoms with Gasteiger partial charge < -0.3 is 20.5 Å². The molecule has 1 atom stereocenters. The average molecular weight is 642 g/mol. The Kier molecular flexibility index (Phi) is 11.2. The summed E-state index contributed by atoms with van der Waals surface area (Å²) in [7, 11) is 1.71. The summed E-state index contributed by atoms with van der Waals surface area (Å²) in [5.41, 5.74) is 5.45. The van der Waals surface area contributed by atoms with E-state index in [4.69, 9.17) is 4.74 Å². The van der Waals surface area contributed by atoms with Crippen molar-refractivity contribution in [3.8, 4) is 16.9 Å². The largest absolute Gasteiger partial charge is 0.494 e. The molecule has 5 aromatic carbocycles. The van der Waals surface area contributed by atoms with E-state index in [-0.39, 0.29) is 18.2 Å². The van der Waals surface area contributed by atoms with Crippen LogP contribution in [0, 0.1) is 0 Å². The first-order valence-corrected chi connectivity index (χ1v) is 16.0. The Bertz CT molecular complexity index is 1840. The number of para-hydroxylation sites is 1. The fourth-order valence-electron chi connectivity index (χ4n) is 5.20. The lowest BCUT2D eigenvalue weighted by Gasteiger charge is -2.19. The molecule has 0 aliphatic rings. The number of hydrogen-bond donors (Lipinski definition) is 3. The summed E-state index contributed by atoms with van der Waals surface area (Å²) in [5, 5.41) is 16.1. The van der Waals surface area contributed by atoms with Crippen molar-refractivity contribution in [2.45, 2.75) is 32.2 Å². The maximum absolute atomic E-state index is 13.2. The van der Waals surface area contributed by atoms with Gasteiger partial charge >= 0.3 is 12.0 Å². The normalized spacial score (nSPS) is 11.3. The van der Waals surface area contributed by atoms with Crippen LogP contribution in [0.1, 0.15) is 41.3 Å². The standard InChI is InChI=1S/C40H39N3O5/c1-3-4-25-48-34-23-21-32(22-24-34)41-40(47)43(2)33-14-10-13-31(27-33)29-19-17-28(18-20-29)26-37(39(45)46)42-36-16-9-8-15-35(36)38(44)30-11-6-5-7-12-30/h5-24,27,37,42H,3-4,25-26H2,1-2H3,(H,41,47)(H,45,46)/t37-/m0/s1. The minimum absolute atomic E-state index is 0.181. The van der Waals surface area contributed by atoms with Crippen LogP contribution in [0.15, 0.2) is 127 Å². The van der Waals surface area contributed by atoms with Crippen molar-refractivity contribution in [3.05, 3.63) is 144 Å². The van der Waals surface area contributed by atoms with E-state index in [2.05, 4.69) is 17.6 Å². The van der Waals surface area contributed by atoms with Crippen molar-refractivity contribution in [3.63, 3.8) is 0 Å². The molecule has 0 unspecified atom stereocenters. The van der Waals surface area contributed by atoms with Gasteiger partial charge in [-0.3, -0.25) is 9.69 Å². The van der Waals surface area contributed by atoms with Gasteiger partial charge in [-0.15, -0.1) is 0 Å². The fraction of sp³-hybridized carbons (Fsp3) is 0.175. The van der Waals surface area contributed by atoms with Gasteiger partial charge in [0.1, 0.15) is 11.8 Å². The molecule has 0 saturated heterocycles. The number of carbonyl (C=O) groups excluding carboxylic acids is 2. The number of rotatable bonds is 14. The van der Waals surface area contributed by atoms with Gasteiger partial charge in [0, 0.05) is 41.7 Å². The third-order valence-corrected chi connectivity index (χ3v) is 7.97. The monoisotopic (exact) mass is 641 g/mol. The first-order valence-electron chi connectivity index (χ1n) is 16.0. The Hall–Kier alpha value is -5.89. The lowest BCUT2D eigenvalue weighted by atomic mass is 9.98. The third kappa shape index (κ3) is 8.67. The number of amides is 2. The molecule has 2 amide bonds. The number of urea groups is 1. The van der Waals surface area contributed by atoms with E-state index in [1.807, 2.05) is 78.9 Å². The number of carboxylic acids is 1. The van der Waals surface area contributed by atoms with Crippen molar-refractivity contribution >= 4 is 34.8 Å². The number of aliphatic carboxylic acids is 1. The van der Waals surface area contributed by atoms with Crippen molar-refractivity contribution < 1.29 is 24.2 Å². The lowest BCUT2D eigenvalue weighted by molar-refractivity contribution is -0.137. The first kappa shape index (κ1) is 33.5. The maximum atomic E-state index is 13.2. The van der Waals surface area contributed by atoms with Crippen LogP contribution in [-0.4, -0.2) is 42.6 Å². The number of anilines is 3. The molecular weight excluding hydrogens is 602 g/mol. The second-order valence-electron chi connectivity index (χ2n) is 11.4. The number of carboxylic acid groups (broad SMARTS) is 1. The van der Waals surface area contributed by atoms with Crippen molar-refractivity contribution in [1.82, 2.24) is 0 Å². The van der Waals surface area contributed by atoms with E-state index >= 15 is 0 Å². The Morgan fingerprint density at radius 1 is 0.792 bits per heavy atom. The summed E-state index contributed by atoms with van der Waals surface area (Å²) >= 11 is 0. The SMILES string of the molecule is CCCCOc1ccc(NC(=O)N(C)c2cccc(-c3ccc(C[C@H](Nc4ccccc4C(=O)c4ccccc4)C(=O)O)cc3)c2)cc1. The minimum Gasteiger partial charge on any atom is -0.494 e. The van der Waals surface area contributed by atoms with Gasteiger partial charge in [-0.05, 0) is 71.6 Å². The van der Waals surface area contributed by atoms with E-state index in [0.29, 0.717) is 34.8 Å². The van der Waals surface area contributed by atoms with Gasteiger partial charge in [0.05, 0.1) is 6.61 Å². The quantitative estimate of drug-likeness (QED) is 0.0829. The second kappa shape index (κ2) is 16.1. The van der Waals surface area contributed by atoms with E-state index in [1.165, 1.54) is 0 Å². The third-order valence-electron chi connectivity index (χ3n) is 7.97. The summed E-state index contributed by atoms with van der Waals surface area (Å²) in [6.07, 6.45) is 2.26. The second-order valence-corrected chi connectivity index (χ2v) is 11.4. The molecule has 0 fully saturated rings. The highest BCUT2D eigenvalue weighted by atomic mass is 16.5. The predicted molar refractivity (Wildman–Crippen MR) is 191 cm³/mol. The summed E-state index contributed by atoms with van der Waals surface area (Å²) in [6.45, 7) is 2.78. The zero-order valence-corrected chi connectivity index (χ0v) is 27.1. The van der Waals surface area contributed by atoms with Crippen LogP contribution in [-0.2, 0) is 11.2 Å². The molecule has 0 radical (unpaired) electrons. The molecule has 244 valence electrons. The van der Waals surface area contributed by atoms with Gasteiger partial charge in [0.25, 0.3) is 0 Å². The summed E-state index contributed by atoms with van der Waals surface area (Å²) in [6, 6.07) is 37.3. The Labute approximate surface area is 281 Å². The van der Waals surface area contributed by atoms with Gasteiger partial charge in [0.2, 0.25) is 0 Å². The molecule has 3 N–H and O–H groups in total. The number of hydrogen-bond acceptors (Lipinski definition) is 5. The molecule has 5 aromatic rings. The van der Waals surface area contributed by atoms with E-state index in [1.54, 1.807) is 60.5 Å². The van der Waals surface area contributed by atoms with Crippen molar-refractivity contribution in [2.75, 3.05) is 29.2 Å². The number of ether oxygens (including phenoxy) is 1. The average Bonchev–Trinajstić information content (AvgIpc) is 3.12. The lowest BCUT2D eigenvalue weighted by Crippen LogP contribution is -2.32. The summed E-state index contributed by atoms with van der Waals surface area (Å²) < 4.78 is 5.70. The van der Waals surface area contributed by atoms with E-state index in [0.717, 1.165) is 35.3 Å². The smallest absolute Gasteiger partial charge is 0.326 e. The van der Waals surface area contributed by atoms with Crippen LogP contribution in [0.3, 0.4) is 0 Å². The summed E-state index contributed by atoms with van der Waals surface area (Å²) in [5.74, 6) is -0.435. The van der Waals surface area contributed by atoms with Gasteiger partial charge in [-0.2, -0.15) is 0 Å². The van der Waals surface area contributed by atoms with Gasteiger partial charge in [-0.25, -0.2) is 9.59 Å². The molecule has 0 spiro atoms. The maximum Gasteiger partial charge on any atom is 0.326 e. The molecular formula is C40H39N3O5. The molecule has 8 nitrogen and oxygen atoms in total. The summed E-state index contributed by atoms with van der Waals surface area (Å²) in [4.78, 5) is 40.0. The fourth-order valence-corrected chi connectivity index (χ4v) is 5.20. The van der Waals surface area contributed by atoms with Crippen LogP contribution in [0.4, 0.5) is 21.9 Å². The first-order chi connectivity index (χ1) is 23.3. The molecule has 0 aromatic heterocycles. The molecule has 8 heteroatoms. The number of nitrogens with one attached hydrogen (secondary N) is 2. The predicted octanol–water partition coefficient (Wildman–Crippen LogP) is 8.54. The number of unbranched alkanes of at least 4 members (excludes halogenated alkanes) is 1. The Morgan fingerprint density at radius 2 is 1.50 bits per heavy atom. The van der Waals surface area contributed by atoms with E-state index < -0.39 is 12.0 Å². The molecule has 0 bridgehead atoms. The van der Waals surface area contributed by atoms with Crippen LogP contribution in [0.2, 0.25) is 0 Å². The molecule has 0 aliphatic heterocycles. The highest BCUT2D eigenvalue weighted by Gasteiger charge is 2.21. The van der Waals surface area contributed by atoms with E-state index in [9.17, 15) is 19.5 Å². The van der Waals surface area contributed by atoms with Gasteiger partial charge in [-0.1, -0.05) is 92.2 Å². The van der Waals surface area contributed by atoms with Crippen molar-refractivity contribution in [2.24, 2.45) is 0 Å². The zero-order valence-electron chi connectivity index (χ0n) is 27.1. The number of benzene rings is 5. The molecule has 0 heterocycles. The topological polar surface area (TPSA) is 108 Å². The van der Waals surface area contributed by atoms with Crippen molar-refractivity contribution in [1.29, 1.82) is 0 Å². The molecule has 0 saturated carbocycles. The molecule has 0 aliphatic carbocycles. The minimum atomic E-state index is -1.02. The number of nitrogens with zero attached hydrogens (tertiary/aromatic N) is 1. The highest BCUT2D eigenvalue weighted by Crippen LogP contribution is 2.27. The van der Waals surface area contributed by atoms with Gasteiger partial charge in [0.15, 0.2) is 5.78 Å². The Balaban J connectivity index is 1.23. The Morgan fingerprint density at radius 3 is 2.21 bits per heavy atom. The van der Waals surface area contributed by atoms with Crippen LogP contribution >= 0.6 is 0 Å². The molecule has 5 rings (SSSR count). The number of ketones is 1. The molecule has 48 heavy (non-hydrogen) atoms. The van der Waals surface area contributed by atoms with Crippen LogP contribution < -0.4 is 20.3 Å². The van der Waals surface area contributed by atoms with Crippen LogP contribution in [0.25, 0.3) is 11.1 Å².